The fourth-order valence-electron chi connectivity index (χ4n) is 0.858. The third-order valence-corrected chi connectivity index (χ3v) is 1.40. The Morgan fingerprint density at radius 2 is 1.58 bits per heavy atom. The molecule has 0 bridgehead atoms. The molecule has 0 fully saturated rings. The van der Waals surface area contributed by atoms with Gasteiger partial charge in [-0.3, -0.25) is 0 Å². The highest BCUT2D eigenvalue weighted by Gasteiger charge is 2.05. The van der Waals surface area contributed by atoms with Crippen molar-refractivity contribution >= 4 is 6.08 Å². The van der Waals surface area contributed by atoms with E-state index in [4.69, 9.17) is 15.3 Å². The van der Waals surface area contributed by atoms with Gasteiger partial charge in [0.05, 0.1) is 0 Å². The fraction of sp³-hybridized carbons (Fsp3) is 0. The second-order valence-electron chi connectivity index (χ2n) is 2.31. The van der Waals surface area contributed by atoms with E-state index < -0.39 is 5.75 Å². The molecular formula is C9H9O3. The molecule has 0 saturated carbocycles. The predicted molar refractivity (Wildman–Crippen MR) is 45.8 cm³/mol. The van der Waals surface area contributed by atoms with Gasteiger partial charge in [0.2, 0.25) is 0 Å². The van der Waals surface area contributed by atoms with E-state index in [1.165, 1.54) is 18.2 Å². The van der Waals surface area contributed by atoms with Crippen molar-refractivity contribution in [3.63, 3.8) is 0 Å². The van der Waals surface area contributed by atoms with Crippen molar-refractivity contribution in [2.45, 2.75) is 0 Å². The molecule has 1 rings (SSSR count). The maximum atomic E-state index is 9.04. The zero-order chi connectivity index (χ0) is 9.14. The van der Waals surface area contributed by atoms with Gasteiger partial charge in [0.1, 0.15) is 0 Å². The molecule has 1 aromatic rings. The van der Waals surface area contributed by atoms with Crippen LogP contribution in [0.3, 0.4) is 0 Å². The van der Waals surface area contributed by atoms with Crippen LogP contribution in [0.5, 0.6) is 17.2 Å². The molecular weight excluding hydrogens is 156 g/mol. The molecule has 1 radical (unpaired) electrons. The number of hydrogen-bond donors (Lipinski definition) is 3. The van der Waals surface area contributed by atoms with Crippen molar-refractivity contribution in [3.8, 4) is 17.2 Å². The van der Waals surface area contributed by atoms with Crippen LogP contribution >= 0.6 is 0 Å². The van der Waals surface area contributed by atoms with Gasteiger partial charge in [0, 0.05) is 0 Å². The van der Waals surface area contributed by atoms with Crippen LogP contribution in [0, 0.1) is 6.92 Å². The summed E-state index contributed by atoms with van der Waals surface area (Å²) in [6, 6.07) is 2.66. The fourth-order valence-corrected chi connectivity index (χ4v) is 0.858. The average molecular weight is 165 g/mol. The van der Waals surface area contributed by atoms with Crippen LogP contribution in [0.15, 0.2) is 18.2 Å². The zero-order valence-corrected chi connectivity index (χ0v) is 6.36. The van der Waals surface area contributed by atoms with Crippen LogP contribution in [0.1, 0.15) is 5.56 Å². The second kappa shape index (κ2) is 3.17. The summed E-state index contributed by atoms with van der Waals surface area (Å²) in [4.78, 5) is 0. The zero-order valence-electron chi connectivity index (χ0n) is 6.36. The van der Waals surface area contributed by atoms with Crippen LogP contribution in [-0.4, -0.2) is 15.3 Å². The Morgan fingerprint density at radius 3 is 2.00 bits per heavy atom. The Kier molecular flexibility index (Phi) is 2.24. The van der Waals surface area contributed by atoms with Crippen molar-refractivity contribution in [3.05, 3.63) is 30.7 Å². The predicted octanol–water partition coefficient (Wildman–Crippen LogP) is 1.65. The minimum absolute atomic E-state index is 0.344. The number of allylic oxidation sites excluding steroid dienone is 1. The molecule has 0 amide bonds. The topological polar surface area (TPSA) is 60.7 Å². The molecule has 3 heteroatoms. The molecule has 0 aliphatic heterocycles. The highest BCUT2D eigenvalue weighted by atomic mass is 16.3. The third-order valence-electron chi connectivity index (χ3n) is 1.40. The molecule has 0 aliphatic carbocycles. The first-order valence-electron chi connectivity index (χ1n) is 3.36. The Balaban J connectivity index is 3.21. The molecule has 0 aromatic heterocycles. The minimum Gasteiger partial charge on any atom is -0.504 e. The Labute approximate surface area is 70.2 Å². The van der Waals surface area contributed by atoms with E-state index in [9.17, 15) is 0 Å². The maximum absolute atomic E-state index is 9.04. The summed E-state index contributed by atoms with van der Waals surface area (Å²) in [6.45, 7) is 3.46. The van der Waals surface area contributed by atoms with Gasteiger partial charge >= 0.3 is 0 Å². The van der Waals surface area contributed by atoms with Crippen LogP contribution in [0.4, 0.5) is 0 Å². The third kappa shape index (κ3) is 1.50. The van der Waals surface area contributed by atoms with Gasteiger partial charge in [-0.25, -0.2) is 0 Å². The van der Waals surface area contributed by atoms with Crippen molar-refractivity contribution in [2.24, 2.45) is 0 Å². The summed E-state index contributed by atoms with van der Waals surface area (Å²) in [7, 11) is 0. The van der Waals surface area contributed by atoms with Crippen molar-refractivity contribution in [1.82, 2.24) is 0 Å². The van der Waals surface area contributed by atoms with E-state index in [-0.39, 0.29) is 11.5 Å². The lowest BCUT2D eigenvalue weighted by Crippen LogP contribution is -1.75. The summed E-state index contributed by atoms with van der Waals surface area (Å²) in [5, 5.41) is 27.0. The molecule has 0 heterocycles. The molecule has 1 aromatic carbocycles. The smallest absolute Gasteiger partial charge is 0.200 e. The molecule has 3 N–H and O–H groups in total. The lowest BCUT2D eigenvalue weighted by Gasteiger charge is -2.01. The van der Waals surface area contributed by atoms with Crippen molar-refractivity contribution < 1.29 is 15.3 Å². The normalized spacial score (nSPS) is 10.8. The SMILES string of the molecule is [CH2]C=Cc1cc(O)c(O)c(O)c1. The summed E-state index contributed by atoms with van der Waals surface area (Å²) < 4.78 is 0. The van der Waals surface area contributed by atoms with Gasteiger partial charge in [0.15, 0.2) is 17.2 Å². The van der Waals surface area contributed by atoms with Gasteiger partial charge in [0.25, 0.3) is 0 Å². The number of benzene rings is 1. The maximum Gasteiger partial charge on any atom is 0.200 e. The number of aromatic hydroxyl groups is 3. The monoisotopic (exact) mass is 165 g/mol. The van der Waals surface area contributed by atoms with Crippen LogP contribution in [0.2, 0.25) is 0 Å². The molecule has 3 nitrogen and oxygen atoms in total. The Bertz CT molecular complexity index is 293. The second-order valence-corrected chi connectivity index (χ2v) is 2.31. The van der Waals surface area contributed by atoms with Crippen LogP contribution in [0.25, 0.3) is 6.08 Å². The molecule has 0 aliphatic rings. The van der Waals surface area contributed by atoms with Gasteiger partial charge in [-0.1, -0.05) is 12.2 Å². The molecule has 0 saturated heterocycles. The van der Waals surface area contributed by atoms with Crippen molar-refractivity contribution in [1.29, 1.82) is 0 Å². The lowest BCUT2D eigenvalue weighted by molar-refractivity contribution is 0.368. The Morgan fingerprint density at radius 1 is 1.08 bits per heavy atom. The summed E-state index contributed by atoms with van der Waals surface area (Å²) in [5.41, 5.74) is 0.581. The van der Waals surface area contributed by atoms with Gasteiger partial charge in [-0.15, -0.1) is 0 Å². The molecule has 63 valence electrons. The minimum atomic E-state index is -0.504. The van der Waals surface area contributed by atoms with Gasteiger partial charge in [-0.05, 0) is 24.6 Å². The highest BCUT2D eigenvalue weighted by molar-refractivity contribution is 5.60. The van der Waals surface area contributed by atoms with E-state index in [2.05, 4.69) is 6.92 Å². The number of phenols is 3. The Hall–Kier alpha value is -1.64. The summed E-state index contributed by atoms with van der Waals surface area (Å²) in [5.74, 6) is -1.19. The first kappa shape index (κ1) is 8.46. The summed E-state index contributed by atoms with van der Waals surface area (Å²) in [6.07, 6.45) is 3.12. The molecule has 0 atom stereocenters. The van der Waals surface area contributed by atoms with E-state index in [1.54, 1.807) is 6.08 Å². The number of phenolic OH excluding ortho intramolecular Hbond substituents is 3. The highest BCUT2D eigenvalue weighted by Crippen LogP contribution is 2.35. The first-order valence-corrected chi connectivity index (χ1v) is 3.36. The average Bonchev–Trinajstić information content (AvgIpc) is 2.01. The standard InChI is InChI=1S/C9H9O3/c1-2-3-6-4-7(10)9(12)8(11)5-6/h2-5,10-12H,1H2. The van der Waals surface area contributed by atoms with Gasteiger partial charge < -0.3 is 15.3 Å². The van der Waals surface area contributed by atoms with Crippen LogP contribution < -0.4 is 0 Å². The first-order chi connectivity index (χ1) is 5.65. The van der Waals surface area contributed by atoms with Crippen LogP contribution in [-0.2, 0) is 0 Å². The van der Waals surface area contributed by atoms with Crippen molar-refractivity contribution in [2.75, 3.05) is 0 Å². The van der Waals surface area contributed by atoms with E-state index in [1.807, 2.05) is 0 Å². The largest absolute Gasteiger partial charge is 0.504 e. The lowest BCUT2D eigenvalue weighted by atomic mass is 10.2. The summed E-state index contributed by atoms with van der Waals surface area (Å²) >= 11 is 0. The molecule has 12 heavy (non-hydrogen) atoms. The quantitative estimate of drug-likeness (QED) is 0.554. The number of hydrogen-bond acceptors (Lipinski definition) is 3. The molecule has 0 spiro atoms. The van der Waals surface area contributed by atoms with Gasteiger partial charge in [-0.2, -0.15) is 0 Å². The van der Waals surface area contributed by atoms with E-state index in [0.717, 1.165) is 0 Å². The van der Waals surface area contributed by atoms with E-state index >= 15 is 0 Å². The molecule has 0 unspecified atom stereocenters. The number of rotatable bonds is 1. The van der Waals surface area contributed by atoms with E-state index in [0.29, 0.717) is 5.56 Å².